The standard InChI is InChI=1S/C15H24ClNO/c1-4-5-15(11-17-10-12(2)3)18-14-8-6-13(16)7-9-14/h6-9,12,15,17H,4-5,10-11H2,1-3H3. The third kappa shape index (κ3) is 6.27. The van der Waals surface area contributed by atoms with E-state index in [1.165, 1.54) is 0 Å². The fourth-order valence-electron chi connectivity index (χ4n) is 1.76. The van der Waals surface area contributed by atoms with E-state index in [0.29, 0.717) is 5.92 Å². The molecule has 102 valence electrons. The maximum absolute atomic E-state index is 5.97. The van der Waals surface area contributed by atoms with Crippen LogP contribution in [0.1, 0.15) is 33.6 Å². The van der Waals surface area contributed by atoms with Gasteiger partial charge >= 0.3 is 0 Å². The second-order valence-corrected chi connectivity index (χ2v) is 5.47. The molecule has 0 saturated heterocycles. The molecule has 1 aromatic rings. The molecule has 0 amide bonds. The van der Waals surface area contributed by atoms with Crippen molar-refractivity contribution in [2.24, 2.45) is 5.92 Å². The van der Waals surface area contributed by atoms with E-state index in [1.807, 2.05) is 24.3 Å². The van der Waals surface area contributed by atoms with Crippen molar-refractivity contribution >= 4 is 11.6 Å². The largest absolute Gasteiger partial charge is 0.489 e. The molecule has 0 aliphatic heterocycles. The molecule has 1 aromatic carbocycles. The van der Waals surface area contributed by atoms with Crippen molar-refractivity contribution in [3.8, 4) is 5.75 Å². The zero-order chi connectivity index (χ0) is 13.4. The Bertz CT molecular complexity index is 324. The smallest absolute Gasteiger partial charge is 0.119 e. The molecule has 0 aliphatic rings. The first-order valence-electron chi connectivity index (χ1n) is 6.74. The van der Waals surface area contributed by atoms with Crippen LogP contribution in [-0.2, 0) is 0 Å². The molecule has 0 aromatic heterocycles. The van der Waals surface area contributed by atoms with Crippen LogP contribution in [0.2, 0.25) is 5.02 Å². The van der Waals surface area contributed by atoms with E-state index >= 15 is 0 Å². The van der Waals surface area contributed by atoms with Gasteiger partial charge in [0.25, 0.3) is 0 Å². The highest BCUT2D eigenvalue weighted by atomic mass is 35.5. The van der Waals surface area contributed by atoms with Crippen LogP contribution in [0.15, 0.2) is 24.3 Å². The number of benzene rings is 1. The zero-order valence-corrected chi connectivity index (χ0v) is 12.3. The lowest BCUT2D eigenvalue weighted by atomic mass is 10.2. The minimum Gasteiger partial charge on any atom is -0.489 e. The Morgan fingerprint density at radius 3 is 2.39 bits per heavy atom. The molecule has 1 rings (SSSR count). The summed E-state index contributed by atoms with van der Waals surface area (Å²) < 4.78 is 5.97. The van der Waals surface area contributed by atoms with Gasteiger partial charge in [-0.3, -0.25) is 0 Å². The predicted octanol–water partition coefficient (Wildman–Crippen LogP) is 4.13. The van der Waals surface area contributed by atoms with Crippen LogP contribution in [0, 0.1) is 5.92 Å². The second-order valence-electron chi connectivity index (χ2n) is 5.03. The third-order valence-electron chi connectivity index (χ3n) is 2.65. The molecule has 0 heterocycles. The summed E-state index contributed by atoms with van der Waals surface area (Å²) in [6.45, 7) is 8.53. The highest BCUT2D eigenvalue weighted by Gasteiger charge is 2.09. The number of rotatable bonds is 8. The van der Waals surface area contributed by atoms with Gasteiger partial charge in [-0.1, -0.05) is 38.8 Å². The summed E-state index contributed by atoms with van der Waals surface area (Å²) >= 11 is 5.86. The molecule has 0 fully saturated rings. The minimum absolute atomic E-state index is 0.231. The quantitative estimate of drug-likeness (QED) is 0.766. The second kappa shape index (κ2) is 8.39. The summed E-state index contributed by atoms with van der Waals surface area (Å²) in [7, 11) is 0. The van der Waals surface area contributed by atoms with E-state index in [0.717, 1.165) is 36.7 Å². The van der Waals surface area contributed by atoms with E-state index in [2.05, 4.69) is 26.1 Å². The Kier molecular flexibility index (Phi) is 7.14. The minimum atomic E-state index is 0.231. The van der Waals surface area contributed by atoms with Crippen molar-refractivity contribution < 1.29 is 4.74 Å². The van der Waals surface area contributed by atoms with Gasteiger partial charge in [0.15, 0.2) is 0 Å². The van der Waals surface area contributed by atoms with Crippen LogP contribution in [0.25, 0.3) is 0 Å². The van der Waals surface area contributed by atoms with Crippen LogP contribution in [0.3, 0.4) is 0 Å². The number of hydrogen-bond donors (Lipinski definition) is 1. The Hall–Kier alpha value is -0.730. The molecule has 18 heavy (non-hydrogen) atoms. The van der Waals surface area contributed by atoms with Gasteiger partial charge in [-0.05, 0) is 43.1 Å². The topological polar surface area (TPSA) is 21.3 Å². The molecule has 0 spiro atoms. The number of ether oxygens (including phenoxy) is 1. The van der Waals surface area contributed by atoms with Crippen molar-refractivity contribution in [2.45, 2.75) is 39.7 Å². The fourth-order valence-corrected chi connectivity index (χ4v) is 1.89. The summed E-state index contributed by atoms with van der Waals surface area (Å²) in [6.07, 6.45) is 2.42. The molecular weight excluding hydrogens is 246 g/mol. The predicted molar refractivity (Wildman–Crippen MR) is 78.5 cm³/mol. The van der Waals surface area contributed by atoms with Crippen molar-refractivity contribution in [3.05, 3.63) is 29.3 Å². The molecule has 1 atom stereocenters. The fraction of sp³-hybridized carbons (Fsp3) is 0.600. The number of halogens is 1. The molecule has 0 aliphatic carbocycles. The zero-order valence-electron chi connectivity index (χ0n) is 11.6. The van der Waals surface area contributed by atoms with Gasteiger partial charge in [-0.2, -0.15) is 0 Å². The van der Waals surface area contributed by atoms with Crippen LogP contribution >= 0.6 is 11.6 Å². The normalized spacial score (nSPS) is 12.7. The van der Waals surface area contributed by atoms with Crippen LogP contribution < -0.4 is 10.1 Å². The molecule has 1 unspecified atom stereocenters. The van der Waals surface area contributed by atoms with Crippen molar-refractivity contribution in [1.29, 1.82) is 0 Å². The molecule has 0 bridgehead atoms. The average Bonchev–Trinajstić information content (AvgIpc) is 2.32. The van der Waals surface area contributed by atoms with Gasteiger partial charge in [0.2, 0.25) is 0 Å². The van der Waals surface area contributed by atoms with Gasteiger partial charge in [0.1, 0.15) is 11.9 Å². The van der Waals surface area contributed by atoms with Crippen LogP contribution in [-0.4, -0.2) is 19.2 Å². The summed E-state index contributed by atoms with van der Waals surface area (Å²) in [4.78, 5) is 0. The van der Waals surface area contributed by atoms with Crippen molar-refractivity contribution in [3.63, 3.8) is 0 Å². The van der Waals surface area contributed by atoms with Gasteiger partial charge < -0.3 is 10.1 Å². The molecular formula is C15H24ClNO. The molecule has 3 heteroatoms. The Morgan fingerprint density at radius 2 is 1.83 bits per heavy atom. The van der Waals surface area contributed by atoms with Crippen LogP contribution in [0.4, 0.5) is 0 Å². The van der Waals surface area contributed by atoms with E-state index < -0.39 is 0 Å². The van der Waals surface area contributed by atoms with E-state index in [1.54, 1.807) is 0 Å². The molecule has 0 saturated carbocycles. The van der Waals surface area contributed by atoms with Gasteiger partial charge in [0.05, 0.1) is 0 Å². The summed E-state index contributed by atoms with van der Waals surface area (Å²) in [5.74, 6) is 1.56. The highest BCUT2D eigenvalue weighted by molar-refractivity contribution is 6.30. The Morgan fingerprint density at radius 1 is 1.17 bits per heavy atom. The van der Waals surface area contributed by atoms with Crippen molar-refractivity contribution in [1.82, 2.24) is 5.32 Å². The first-order chi connectivity index (χ1) is 8.61. The highest BCUT2D eigenvalue weighted by Crippen LogP contribution is 2.17. The van der Waals surface area contributed by atoms with E-state index in [-0.39, 0.29) is 6.10 Å². The van der Waals surface area contributed by atoms with Crippen LogP contribution in [0.5, 0.6) is 5.75 Å². The SMILES string of the molecule is CCCC(CNCC(C)C)Oc1ccc(Cl)cc1. The van der Waals surface area contributed by atoms with Gasteiger partial charge in [-0.15, -0.1) is 0 Å². The lowest BCUT2D eigenvalue weighted by molar-refractivity contribution is 0.185. The monoisotopic (exact) mass is 269 g/mol. The molecule has 0 radical (unpaired) electrons. The average molecular weight is 270 g/mol. The van der Waals surface area contributed by atoms with E-state index in [9.17, 15) is 0 Å². The molecule has 1 N–H and O–H groups in total. The lowest BCUT2D eigenvalue weighted by Gasteiger charge is -2.20. The number of hydrogen-bond acceptors (Lipinski definition) is 2. The first-order valence-corrected chi connectivity index (χ1v) is 7.12. The maximum Gasteiger partial charge on any atom is 0.119 e. The summed E-state index contributed by atoms with van der Waals surface area (Å²) in [5, 5.41) is 4.19. The molecule has 2 nitrogen and oxygen atoms in total. The van der Waals surface area contributed by atoms with Gasteiger partial charge in [-0.25, -0.2) is 0 Å². The number of nitrogens with one attached hydrogen (secondary N) is 1. The van der Waals surface area contributed by atoms with Gasteiger partial charge in [0, 0.05) is 11.6 Å². The van der Waals surface area contributed by atoms with Crippen molar-refractivity contribution in [2.75, 3.05) is 13.1 Å². The Labute approximate surface area is 116 Å². The first kappa shape index (κ1) is 15.3. The van der Waals surface area contributed by atoms with E-state index in [4.69, 9.17) is 16.3 Å². The Balaban J connectivity index is 2.43. The lowest BCUT2D eigenvalue weighted by Crippen LogP contribution is -2.33. The third-order valence-corrected chi connectivity index (χ3v) is 2.90. The summed E-state index contributed by atoms with van der Waals surface area (Å²) in [5.41, 5.74) is 0. The maximum atomic E-state index is 5.97. The summed E-state index contributed by atoms with van der Waals surface area (Å²) in [6, 6.07) is 7.57.